The fourth-order valence-electron chi connectivity index (χ4n) is 9.37. The van der Waals surface area contributed by atoms with Crippen LogP contribution in [0.5, 0.6) is 0 Å². The van der Waals surface area contributed by atoms with Gasteiger partial charge in [-0.3, -0.25) is 6.08 Å². The van der Waals surface area contributed by atoms with Crippen LogP contribution in [0.4, 0.5) is 0 Å². The maximum Gasteiger partial charge on any atom is -0.171 e. The second kappa shape index (κ2) is 16.9. The van der Waals surface area contributed by atoms with E-state index < -0.39 is 0 Å². The van der Waals surface area contributed by atoms with E-state index in [1.165, 1.54) is 69.6 Å². The Morgan fingerprint density at radius 3 is 1.84 bits per heavy atom. The van der Waals surface area contributed by atoms with Crippen LogP contribution >= 0.6 is 0 Å². The molecule has 49 heavy (non-hydrogen) atoms. The summed E-state index contributed by atoms with van der Waals surface area (Å²) in [6.45, 7) is 23.1. The van der Waals surface area contributed by atoms with Gasteiger partial charge in [-0.05, 0) is 90.1 Å². The van der Waals surface area contributed by atoms with Gasteiger partial charge in [0.1, 0.15) is 0 Å². The van der Waals surface area contributed by atoms with Crippen molar-refractivity contribution in [2.24, 2.45) is 29.1 Å². The molecule has 1 heteroatoms. The maximum atomic E-state index is 3.67. The maximum absolute atomic E-state index is 3.67. The summed E-state index contributed by atoms with van der Waals surface area (Å²) in [5, 5.41) is 0. The second-order valence-electron chi connectivity index (χ2n) is 17.2. The summed E-state index contributed by atoms with van der Waals surface area (Å²) in [5.74, 6) is 3.82. The Kier molecular flexibility index (Phi) is 13.7. The van der Waals surface area contributed by atoms with Crippen LogP contribution in [0.15, 0.2) is 77.9 Å². The molecule has 0 spiro atoms. The second-order valence-corrected chi connectivity index (χ2v) is 17.2. The quantitative estimate of drug-likeness (QED) is 0.180. The molecule has 3 aromatic rings. The van der Waals surface area contributed by atoms with Crippen molar-refractivity contribution in [1.82, 2.24) is 0 Å². The number of hydrogen-bond acceptors (Lipinski definition) is 0. The average Bonchev–Trinajstić information content (AvgIpc) is 3.59. The molecule has 0 saturated heterocycles. The largest absolute Gasteiger partial charge is 0.184 e. The molecular formula is C48H62Zr-4. The van der Waals surface area contributed by atoms with Gasteiger partial charge in [0.05, 0.1) is 0 Å². The zero-order chi connectivity index (χ0) is 36.0. The predicted octanol–water partition coefficient (Wildman–Crippen LogP) is 12.9. The van der Waals surface area contributed by atoms with Crippen LogP contribution in [0.1, 0.15) is 130 Å². The number of allylic oxidation sites excluding steroid dienone is 4. The molecule has 1 unspecified atom stereocenters. The van der Waals surface area contributed by atoms with Gasteiger partial charge in [-0.2, -0.15) is 78.7 Å². The van der Waals surface area contributed by atoms with Crippen molar-refractivity contribution in [1.29, 1.82) is 0 Å². The standard InChI is InChI=1S/C21H25.C18H25.C6H5.C2H5.CH2.Zr/c1-20(2,3)16-7-9-18-14(12-16)11-15-13-17(21(4,5)6)8-10-19(15)18;1-12-3-13(2)17(4-12)11-18-8-14-5-15(9-18)7-16(6-14)10-18;1-2-4-6-5-3-1;1-2;;/h7-10,12H,11H2,1-6H3;4,12,14-16H,5-11H2,1-2H3;1-5H;1H2,2H3;1H2;/q4*-1;;. The van der Waals surface area contributed by atoms with Gasteiger partial charge in [0.25, 0.3) is 0 Å². The molecule has 262 valence electrons. The van der Waals surface area contributed by atoms with E-state index in [2.05, 4.69) is 121 Å². The summed E-state index contributed by atoms with van der Waals surface area (Å²) in [6, 6.07) is 27.7. The van der Waals surface area contributed by atoms with E-state index in [-0.39, 0.29) is 10.8 Å². The first-order valence-electron chi connectivity index (χ1n) is 18.8. The van der Waals surface area contributed by atoms with E-state index in [1.807, 2.05) is 30.3 Å². The first-order chi connectivity index (χ1) is 23.3. The molecule has 0 amide bonds. The molecule has 0 aromatic heterocycles. The van der Waals surface area contributed by atoms with Gasteiger partial charge >= 0.3 is 28.4 Å². The first kappa shape index (κ1) is 39.7. The molecule has 9 rings (SSSR count). The van der Waals surface area contributed by atoms with Crippen LogP contribution in [0.2, 0.25) is 0 Å². The molecule has 0 radical (unpaired) electrons. The topological polar surface area (TPSA) is 0 Å². The van der Waals surface area contributed by atoms with E-state index in [9.17, 15) is 0 Å². The molecule has 6 aliphatic rings. The molecule has 4 fully saturated rings. The van der Waals surface area contributed by atoms with Gasteiger partial charge in [0.15, 0.2) is 0 Å². The van der Waals surface area contributed by atoms with Crippen molar-refractivity contribution < 1.29 is 24.2 Å². The molecular weight excluding hydrogens is 668 g/mol. The SMILES string of the molecule is CC(C)(C)c1[c-]c2c(cc1)-c1ccc(C(C)(C)C)cc1C2.CC1=[C-]C(C)C=C1CC12CC3CC(CC(C3)C1)C2.[CH2-]C.[CH2]=[Zr].[c-]1ccccc1. The van der Waals surface area contributed by atoms with Crippen LogP contribution in [-0.2, 0) is 41.5 Å². The van der Waals surface area contributed by atoms with Crippen LogP contribution < -0.4 is 0 Å². The normalized spacial score (nSPS) is 25.3. The van der Waals surface area contributed by atoms with Crippen LogP contribution in [0, 0.1) is 54.2 Å². The van der Waals surface area contributed by atoms with E-state index in [0.29, 0.717) is 11.3 Å². The van der Waals surface area contributed by atoms with Crippen molar-refractivity contribution in [3.63, 3.8) is 0 Å². The first-order valence-corrected chi connectivity index (χ1v) is 20.5. The third-order valence-corrected chi connectivity index (χ3v) is 11.2. The zero-order valence-corrected chi connectivity index (χ0v) is 34.7. The molecule has 0 aliphatic heterocycles. The average molecular weight is 730 g/mol. The third kappa shape index (κ3) is 10.0. The van der Waals surface area contributed by atoms with Crippen molar-refractivity contribution >= 4 is 4.21 Å². The minimum Gasteiger partial charge on any atom is -0.184 e. The Labute approximate surface area is 316 Å². The number of rotatable bonds is 2. The summed E-state index contributed by atoms with van der Waals surface area (Å²) < 4.78 is 3.34. The Morgan fingerprint density at radius 2 is 1.39 bits per heavy atom. The molecule has 6 aliphatic carbocycles. The van der Waals surface area contributed by atoms with E-state index in [1.54, 1.807) is 51.0 Å². The van der Waals surface area contributed by atoms with Crippen molar-refractivity contribution in [2.45, 2.75) is 125 Å². The van der Waals surface area contributed by atoms with Gasteiger partial charge in [0.2, 0.25) is 0 Å². The van der Waals surface area contributed by atoms with Crippen molar-refractivity contribution in [3.05, 3.63) is 125 Å². The van der Waals surface area contributed by atoms with Crippen molar-refractivity contribution in [3.8, 4) is 11.1 Å². The molecule has 4 bridgehead atoms. The Morgan fingerprint density at radius 1 is 0.816 bits per heavy atom. The molecule has 3 aromatic carbocycles. The van der Waals surface area contributed by atoms with Gasteiger partial charge < -0.3 is 6.92 Å². The number of benzene rings is 3. The van der Waals surface area contributed by atoms with Crippen LogP contribution in [0.3, 0.4) is 0 Å². The number of fused-ring (bicyclic) bond motifs is 3. The Balaban J connectivity index is 0.000000175. The molecule has 4 saturated carbocycles. The van der Waals surface area contributed by atoms with Crippen LogP contribution in [0.25, 0.3) is 11.1 Å². The molecule has 0 heterocycles. The van der Waals surface area contributed by atoms with E-state index in [4.69, 9.17) is 0 Å². The van der Waals surface area contributed by atoms with Crippen molar-refractivity contribution in [2.75, 3.05) is 0 Å². The zero-order valence-electron chi connectivity index (χ0n) is 32.2. The number of hydrogen-bond donors (Lipinski definition) is 0. The van der Waals surface area contributed by atoms with Gasteiger partial charge in [-0.25, -0.2) is 5.57 Å². The van der Waals surface area contributed by atoms with Gasteiger partial charge in [-0.15, -0.1) is 11.1 Å². The fraction of sp³-hybridized carbons (Fsp3) is 0.500. The predicted molar refractivity (Wildman–Crippen MR) is 209 cm³/mol. The van der Waals surface area contributed by atoms with Gasteiger partial charge in [0, 0.05) is 0 Å². The third-order valence-electron chi connectivity index (χ3n) is 11.2. The van der Waals surface area contributed by atoms with Crippen LogP contribution in [-0.4, -0.2) is 4.21 Å². The summed E-state index contributed by atoms with van der Waals surface area (Å²) in [5.41, 5.74) is 12.5. The molecule has 1 atom stereocenters. The minimum absolute atomic E-state index is 0.167. The van der Waals surface area contributed by atoms with Gasteiger partial charge in [-0.1, -0.05) is 91.5 Å². The summed E-state index contributed by atoms with van der Waals surface area (Å²) in [6.07, 6.45) is 17.8. The minimum atomic E-state index is 0.167. The summed E-state index contributed by atoms with van der Waals surface area (Å²) in [7, 11) is 0. The summed E-state index contributed by atoms with van der Waals surface area (Å²) >= 11 is 1.30. The Bertz CT molecular complexity index is 1450. The molecule has 0 nitrogen and oxygen atoms in total. The fourth-order valence-corrected chi connectivity index (χ4v) is 9.37. The summed E-state index contributed by atoms with van der Waals surface area (Å²) in [4.78, 5) is 0. The monoisotopic (exact) mass is 728 g/mol. The van der Waals surface area contributed by atoms with E-state index in [0.717, 1.165) is 24.2 Å². The van der Waals surface area contributed by atoms with E-state index >= 15 is 0 Å². The Hall–Kier alpha value is -2.11. The smallest absolute Gasteiger partial charge is 0.171 e. The molecule has 0 N–H and O–H groups in total.